The molecule has 1 saturated heterocycles. The van der Waals surface area contributed by atoms with Crippen LogP contribution in [-0.2, 0) is 11.2 Å². The summed E-state index contributed by atoms with van der Waals surface area (Å²) in [5, 5.41) is 24.9. The number of nitriles is 1. The van der Waals surface area contributed by atoms with Crippen LogP contribution in [0.15, 0.2) is 72.8 Å². The number of likely N-dealkylation sites (tertiary alicyclic amines) is 1. The van der Waals surface area contributed by atoms with Gasteiger partial charge in [0.1, 0.15) is 0 Å². The summed E-state index contributed by atoms with van der Waals surface area (Å²) in [6.07, 6.45) is 0.416. The van der Waals surface area contributed by atoms with E-state index in [4.69, 9.17) is 16.9 Å². The zero-order chi connectivity index (χ0) is 27.1. The minimum absolute atomic E-state index is 0.0372. The van der Waals surface area contributed by atoms with Crippen molar-refractivity contribution in [1.29, 1.82) is 5.26 Å². The van der Waals surface area contributed by atoms with Crippen molar-refractivity contribution in [1.82, 2.24) is 9.80 Å². The summed E-state index contributed by atoms with van der Waals surface area (Å²) in [7, 11) is 1.78. The largest absolute Gasteiger partial charge is 0.392 e. The number of anilines is 2. The first-order valence-corrected chi connectivity index (χ1v) is 12.8. The van der Waals surface area contributed by atoms with Crippen molar-refractivity contribution in [3.8, 4) is 6.07 Å². The number of hydrogen-bond donors (Lipinski definition) is 3. The lowest BCUT2D eigenvalue weighted by Crippen LogP contribution is -2.39. The first-order chi connectivity index (χ1) is 18.3. The number of nitrogens with one attached hydrogen (secondary N) is 2. The molecular weight excluding hydrogens is 502 g/mol. The fraction of sp³-hybridized carbons (Fsp3) is 0.276. The molecule has 3 aromatic rings. The lowest BCUT2D eigenvalue weighted by molar-refractivity contribution is -0.131. The number of carbonyl (C=O) groups excluding carboxylic acids is 2. The molecule has 1 aliphatic rings. The smallest absolute Gasteiger partial charge is 0.323 e. The third kappa shape index (κ3) is 7.11. The van der Waals surface area contributed by atoms with Gasteiger partial charge in [0.15, 0.2) is 0 Å². The Morgan fingerprint density at radius 2 is 1.87 bits per heavy atom. The number of hydrogen-bond acceptors (Lipinski definition) is 5. The predicted octanol–water partition coefficient (Wildman–Crippen LogP) is 4.66. The van der Waals surface area contributed by atoms with Crippen molar-refractivity contribution in [3.63, 3.8) is 0 Å². The number of aliphatic hydroxyl groups excluding tert-OH is 1. The molecule has 3 aromatic carbocycles. The second-order valence-electron chi connectivity index (χ2n) is 9.38. The van der Waals surface area contributed by atoms with Gasteiger partial charge in [0.2, 0.25) is 5.91 Å². The van der Waals surface area contributed by atoms with Crippen LogP contribution in [0.1, 0.15) is 29.2 Å². The zero-order valence-electron chi connectivity index (χ0n) is 21.1. The predicted molar refractivity (Wildman–Crippen MR) is 148 cm³/mol. The van der Waals surface area contributed by atoms with Gasteiger partial charge in [0, 0.05) is 43.1 Å². The average Bonchev–Trinajstić information content (AvgIpc) is 3.34. The van der Waals surface area contributed by atoms with Gasteiger partial charge in [-0.25, -0.2) is 4.79 Å². The average molecular weight is 532 g/mol. The van der Waals surface area contributed by atoms with Gasteiger partial charge in [0.05, 0.1) is 30.2 Å². The minimum atomic E-state index is -0.478. The first kappa shape index (κ1) is 27.1. The molecule has 8 nitrogen and oxygen atoms in total. The SMILES string of the molecule is CN(C(=O)Cc1cc(Cl)ccc1NC(=O)Nc1ccc(C#N)cc1)[C@H](CN1CC[C@H](O)C1)c1ccccc1. The molecule has 196 valence electrons. The molecule has 2 atom stereocenters. The molecule has 38 heavy (non-hydrogen) atoms. The molecule has 0 radical (unpaired) electrons. The number of likely N-dealkylation sites (N-methyl/N-ethyl adjacent to an activating group) is 1. The summed E-state index contributed by atoms with van der Waals surface area (Å²) in [4.78, 5) is 30.1. The molecule has 1 fully saturated rings. The first-order valence-electron chi connectivity index (χ1n) is 12.4. The van der Waals surface area contributed by atoms with Gasteiger partial charge in [-0.2, -0.15) is 5.26 Å². The molecule has 3 N–H and O–H groups in total. The maximum atomic E-state index is 13.5. The monoisotopic (exact) mass is 531 g/mol. The Labute approximate surface area is 227 Å². The Hall–Kier alpha value is -3.90. The Morgan fingerprint density at radius 1 is 1.13 bits per heavy atom. The number of nitrogens with zero attached hydrogens (tertiary/aromatic N) is 3. The summed E-state index contributed by atoms with van der Waals surface area (Å²) < 4.78 is 0. The summed E-state index contributed by atoms with van der Waals surface area (Å²) >= 11 is 6.25. The van der Waals surface area contributed by atoms with Crippen molar-refractivity contribution < 1.29 is 14.7 Å². The van der Waals surface area contributed by atoms with E-state index in [0.29, 0.717) is 40.6 Å². The van der Waals surface area contributed by atoms with Crippen LogP contribution < -0.4 is 10.6 Å². The lowest BCUT2D eigenvalue weighted by Gasteiger charge is -2.32. The van der Waals surface area contributed by atoms with E-state index in [1.807, 2.05) is 36.4 Å². The summed E-state index contributed by atoms with van der Waals surface area (Å²) in [5.41, 5.74) is 3.10. The van der Waals surface area contributed by atoms with Crippen LogP contribution in [0.5, 0.6) is 0 Å². The number of amides is 3. The molecule has 0 bridgehead atoms. The second-order valence-corrected chi connectivity index (χ2v) is 9.82. The number of urea groups is 1. The number of carbonyl (C=O) groups is 2. The van der Waals surface area contributed by atoms with E-state index in [9.17, 15) is 14.7 Å². The highest BCUT2D eigenvalue weighted by atomic mass is 35.5. The fourth-order valence-electron chi connectivity index (χ4n) is 4.55. The molecule has 9 heteroatoms. The van der Waals surface area contributed by atoms with Crippen LogP contribution in [0.3, 0.4) is 0 Å². The summed E-state index contributed by atoms with van der Waals surface area (Å²) in [5.74, 6) is -0.128. The lowest BCUT2D eigenvalue weighted by atomic mass is 10.0. The highest BCUT2D eigenvalue weighted by molar-refractivity contribution is 6.30. The van der Waals surface area contributed by atoms with Gasteiger partial charge in [-0.15, -0.1) is 0 Å². The van der Waals surface area contributed by atoms with Crippen molar-refractivity contribution in [2.75, 3.05) is 37.3 Å². The van der Waals surface area contributed by atoms with Crippen LogP contribution in [0.4, 0.5) is 16.2 Å². The number of halogens is 1. The van der Waals surface area contributed by atoms with E-state index in [1.165, 1.54) is 0 Å². The fourth-order valence-corrected chi connectivity index (χ4v) is 4.75. The van der Waals surface area contributed by atoms with Gasteiger partial charge in [-0.1, -0.05) is 41.9 Å². The van der Waals surface area contributed by atoms with Crippen LogP contribution in [0, 0.1) is 11.3 Å². The third-order valence-corrected chi connectivity index (χ3v) is 6.89. The Kier molecular flexibility index (Phi) is 8.98. The van der Waals surface area contributed by atoms with Crippen LogP contribution in [0.2, 0.25) is 5.02 Å². The Balaban J connectivity index is 1.48. The Morgan fingerprint density at radius 3 is 2.53 bits per heavy atom. The maximum Gasteiger partial charge on any atom is 0.323 e. The number of β-amino-alcohol motifs (C(OH)–C–C–N with tert-alkyl or cyclic N) is 1. The maximum absolute atomic E-state index is 13.5. The van der Waals surface area contributed by atoms with Crippen molar-refractivity contribution >= 4 is 34.9 Å². The number of aliphatic hydroxyl groups is 1. The molecular formula is C29H30ClN5O3. The van der Waals surface area contributed by atoms with Gasteiger partial charge in [0.25, 0.3) is 0 Å². The van der Waals surface area contributed by atoms with E-state index < -0.39 is 6.03 Å². The van der Waals surface area contributed by atoms with Gasteiger partial charge < -0.3 is 20.6 Å². The number of benzene rings is 3. The van der Waals surface area contributed by atoms with Crippen molar-refractivity contribution in [2.24, 2.45) is 0 Å². The highest BCUT2D eigenvalue weighted by Crippen LogP contribution is 2.26. The standard InChI is InChI=1S/C29H30ClN5O3/c1-34(27(21-5-3-2-4-6-21)19-35-14-13-25(36)18-35)28(37)16-22-15-23(30)9-12-26(22)33-29(38)32-24-10-7-20(17-31)8-11-24/h2-12,15,25,27,36H,13-14,16,18-19H2,1H3,(H2,32,33,38)/t25-,27+/m0/s1. The second kappa shape index (κ2) is 12.6. The minimum Gasteiger partial charge on any atom is -0.392 e. The summed E-state index contributed by atoms with van der Waals surface area (Å²) in [6, 6.07) is 22.7. The van der Waals surface area contributed by atoms with Gasteiger partial charge in [-0.05, 0) is 60.0 Å². The van der Waals surface area contributed by atoms with Gasteiger partial charge in [-0.3, -0.25) is 9.69 Å². The molecule has 1 heterocycles. The quantitative estimate of drug-likeness (QED) is 0.391. The molecule has 3 amide bonds. The number of rotatable bonds is 8. The Bertz CT molecular complexity index is 1310. The van der Waals surface area contributed by atoms with E-state index in [-0.39, 0.29) is 24.5 Å². The molecule has 0 saturated carbocycles. The molecule has 0 aromatic heterocycles. The zero-order valence-corrected chi connectivity index (χ0v) is 21.9. The van der Waals surface area contributed by atoms with E-state index in [0.717, 1.165) is 18.5 Å². The normalized spacial score (nSPS) is 15.9. The van der Waals surface area contributed by atoms with Crippen LogP contribution in [-0.4, -0.2) is 59.6 Å². The van der Waals surface area contributed by atoms with Crippen molar-refractivity contribution in [2.45, 2.75) is 25.0 Å². The van der Waals surface area contributed by atoms with Crippen LogP contribution in [0.25, 0.3) is 0 Å². The molecule has 0 spiro atoms. The highest BCUT2D eigenvalue weighted by Gasteiger charge is 2.28. The molecule has 0 unspecified atom stereocenters. The third-order valence-electron chi connectivity index (χ3n) is 6.65. The van der Waals surface area contributed by atoms with E-state index in [2.05, 4.69) is 15.5 Å². The topological polar surface area (TPSA) is 109 Å². The van der Waals surface area contributed by atoms with E-state index in [1.54, 1.807) is 54.4 Å². The van der Waals surface area contributed by atoms with Gasteiger partial charge >= 0.3 is 6.03 Å². The molecule has 4 rings (SSSR count). The van der Waals surface area contributed by atoms with E-state index >= 15 is 0 Å². The van der Waals surface area contributed by atoms with Crippen molar-refractivity contribution in [3.05, 3.63) is 94.5 Å². The summed E-state index contributed by atoms with van der Waals surface area (Å²) in [6.45, 7) is 1.97. The van der Waals surface area contributed by atoms with Crippen LogP contribution >= 0.6 is 11.6 Å². The molecule has 1 aliphatic heterocycles. The molecule has 0 aliphatic carbocycles.